The first-order chi connectivity index (χ1) is 16.2. The zero-order valence-electron chi connectivity index (χ0n) is 18.2. The van der Waals surface area contributed by atoms with Crippen LogP contribution in [0, 0.1) is 13.8 Å². The number of amides is 2. The van der Waals surface area contributed by atoms with Crippen LogP contribution in [-0.4, -0.2) is 52.2 Å². The number of benzene rings is 1. The Morgan fingerprint density at radius 2 is 1.85 bits per heavy atom. The summed E-state index contributed by atoms with van der Waals surface area (Å²) in [5.74, 6) is -0.998. The van der Waals surface area contributed by atoms with Gasteiger partial charge in [0.2, 0.25) is 10.0 Å². The molecule has 4 rings (SSSR count). The molecule has 1 fully saturated rings. The molecule has 0 unspecified atom stereocenters. The van der Waals surface area contributed by atoms with Gasteiger partial charge < -0.3 is 0 Å². The number of rotatable bonds is 5. The highest BCUT2D eigenvalue weighted by molar-refractivity contribution is 7.89. The van der Waals surface area contributed by atoms with Crippen molar-refractivity contribution in [2.45, 2.75) is 37.5 Å². The number of hydrogen-bond acceptors (Lipinski definition) is 9. The van der Waals surface area contributed by atoms with E-state index in [4.69, 9.17) is 11.6 Å². The molecule has 2 amide bonds. The topological polar surface area (TPSA) is 134 Å². The molecule has 1 aliphatic rings. The molecule has 0 spiro atoms. The third-order valence-electron chi connectivity index (χ3n) is 5.49. The Kier molecular flexibility index (Phi) is 7.28. The quantitative estimate of drug-likeness (QED) is 0.475. The van der Waals surface area contributed by atoms with Crippen molar-refractivity contribution in [3.8, 4) is 0 Å². The predicted octanol–water partition coefficient (Wildman–Crippen LogP) is 2.91. The highest BCUT2D eigenvalue weighted by Gasteiger charge is 2.31. The molecule has 0 atom stereocenters. The van der Waals surface area contributed by atoms with Gasteiger partial charge in [-0.25, -0.2) is 13.4 Å². The number of hydrogen-bond donors (Lipinski definition) is 2. The fourth-order valence-electron chi connectivity index (χ4n) is 3.48. The summed E-state index contributed by atoms with van der Waals surface area (Å²) in [6.45, 7) is 4.16. The van der Waals surface area contributed by atoms with Crippen LogP contribution in [0.15, 0.2) is 28.5 Å². The van der Waals surface area contributed by atoms with Gasteiger partial charge >= 0.3 is 0 Å². The number of thiazole rings is 1. The van der Waals surface area contributed by atoms with Crippen LogP contribution in [0.3, 0.4) is 0 Å². The summed E-state index contributed by atoms with van der Waals surface area (Å²) in [5, 5.41) is 6.55. The molecule has 2 N–H and O–H groups in total. The van der Waals surface area contributed by atoms with Crippen molar-refractivity contribution in [2.75, 3.05) is 13.1 Å². The van der Waals surface area contributed by atoms with E-state index in [1.165, 1.54) is 21.7 Å². The number of carbonyl (C=O) groups excluding carboxylic acids is 2. The molecule has 14 heteroatoms. The Bertz CT molecular complexity index is 1330. The SMILES string of the molecule is Cc1ccc(S(=O)(=O)N2CCC(c3nc(C(=O)NNC(=O)c4snnc4C)cs3)CC2)cc1Cl. The van der Waals surface area contributed by atoms with Gasteiger partial charge in [0, 0.05) is 29.4 Å². The van der Waals surface area contributed by atoms with Crippen LogP contribution in [0.25, 0.3) is 0 Å². The van der Waals surface area contributed by atoms with Gasteiger partial charge in [-0.1, -0.05) is 22.2 Å². The maximum atomic E-state index is 13.0. The number of hydrazine groups is 1. The number of carbonyl (C=O) groups is 2. The second-order valence-corrected chi connectivity index (χ2v) is 11.7. The molecule has 1 aromatic carbocycles. The number of sulfonamides is 1. The van der Waals surface area contributed by atoms with Gasteiger partial charge in [-0.2, -0.15) is 4.31 Å². The largest absolute Gasteiger partial charge is 0.289 e. The number of aryl methyl sites for hydroxylation is 2. The molecule has 3 heterocycles. The highest BCUT2D eigenvalue weighted by atomic mass is 35.5. The van der Waals surface area contributed by atoms with Crippen molar-refractivity contribution in [1.82, 2.24) is 29.7 Å². The van der Waals surface area contributed by atoms with Gasteiger partial charge in [0.25, 0.3) is 11.8 Å². The Morgan fingerprint density at radius 1 is 1.15 bits per heavy atom. The molecule has 10 nitrogen and oxygen atoms in total. The monoisotopic (exact) mass is 540 g/mol. The van der Waals surface area contributed by atoms with Crippen LogP contribution < -0.4 is 10.9 Å². The first-order valence-corrected chi connectivity index (χ1v) is 13.8. The Labute approximate surface area is 209 Å². The molecule has 0 bridgehead atoms. The first kappa shape index (κ1) is 24.7. The summed E-state index contributed by atoms with van der Waals surface area (Å²) >= 11 is 8.39. The van der Waals surface area contributed by atoms with Crippen molar-refractivity contribution in [3.05, 3.63) is 55.4 Å². The minimum atomic E-state index is -3.63. The zero-order chi connectivity index (χ0) is 24.5. The minimum Gasteiger partial charge on any atom is -0.266 e. The van der Waals surface area contributed by atoms with E-state index in [0.717, 1.165) is 22.1 Å². The van der Waals surface area contributed by atoms with Crippen molar-refractivity contribution < 1.29 is 18.0 Å². The summed E-state index contributed by atoms with van der Waals surface area (Å²) in [6.07, 6.45) is 1.17. The Balaban J connectivity index is 1.34. The van der Waals surface area contributed by atoms with Gasteiger partial charge in [-0.05, 0) is 55.9 Å². The summed E-state index contributed by atoms with van der Waals surface area (Å²) in [7, 11) is -3.63. The Morgan fingerprint density at radius 3 is 2.50 bits per heavy atom. The molecule has 0 radical (unpaired) electrons. The summed E-state index contributed by atoms with van der Waals surface area (Å²) in [6, 6.07) is 4.75. The molecule has 1 aliphatic heterocycles. The lowest BCUT2D eigenvalue weighted by Gasteiger charge is -2.30. The van der Waals surface area contributed by atoms with Crippen LogP contribution in [0.1, 0.15) is 55.2 Å². The maximum absolute atomic E-state index is 13.0. The van der Waals surface area contributed by atoms with Gasteiger partial charge in [0.05, 0.1) is 15.6 Å². The van der Waals surface area contributed by atoms with E-state index in [2.05, 4.69) is 25.4 Å². The van der Waals surface area contributed by atoms with Gasteiger partial charge in [0.15, 0.2) is 0 Å². The maximum Gasteiger partial charge on any atom is 0.289 e. The highest BCUT2D eigenvalue weighted by Crippen LogP contribution is 2.33. The minimum absolute atomic E-state index is 0.0418. The fourth-order valence-corrected chi connectivity index (χ4v) is 6.74. The summed E-state index contributed by atoms with van der Waals surface area (Å²) < 4.78 is 31.1. The molecule has 2 aromatic heterocycles. The molecule has 3 aromatic rings. The van der Waals surface area contributed by atoms with Crippen LogP contribution in [0.2, 0.25) is 5.02 Å². The molecule has 180 valence electrons. The fraction of sp³-hybridized carbons (Fsp3) is 0.350. The summed E-state index contributed by atoms with van der Waals surface area (Å²) in [4.78, 5) is 29.4. The molecular weight excluding hydrogens is 520 g/mol. The van der Waals surface area contributed by atoms with E-state index in [-0.39, 0.29) is 16.5 Å². The third-order valence-corrected chi connectivity index (χ3v) is 9.62. The lowest BCUT2D eigenvalue weighted by molar-refractivity contribution is 0.0846. The number of nitrogens with one attached hydrogen (secondary N) is 2. The van der Waals surface area contributed by atoms with E-state index >= 15 is 0 Å². The van der Waals surface area contributed by atoms with Crippen LogP contribution >= 0.6 is 34.5 Å². The lowest BCUT2D eigenvalue weighted by atomic mass is 9.99. The number of piperidine rings is 1. The van der Waals surface area contributed by atoms with E-state index in [0.29, 0.717) is 41.5 Å². The van der Waals surface area contributed by atoms with Crippen molar-refractivity contribution in [1.29, 1.82) is 0 Å². The molecule has 0 saturated carbocycles. The second kappa shape index (κ2) is 10.0. The van der Waals surface area contributed by atoms with E-state index in [1.807, 2.05) is 6.92 Å². The van der Waals surface area contributed by atoms with E-state index in [1.54, 1.807) is 24.4 Å². The van der Waals surface area contributed by atoms with Crippen LogP contribution in [0.4, 0.5) is 0 Å². The Hall–Kier alpha value is -2.45. The number of aromatic nitrogens is 3. The average molecular weight is 541 g/mol. The second-order valence-electron chi connectivity index (χ2n) is 7.76. The number of nitrogens with zero attached hydrogens (tertiary/aromatic N) is 4. The van der Waals surface area contributed by atoms with Gasteiger partial charge in [-0.3, -0.25) is 20.4 Å². The third kappa shape index (κ3) is 5.13. The smallest absolute Gasteiger partial charge is 0.266 e. The molecule has 34 heavy (non-hydrogen) atoms. The molecular formula is C20H21ClN6O4S3. The van der Waals surface area contributed by atoms with Crippen molar-refractivity contribution >= 4 is 56.3 Å². The van der Waals surface area contributed by atoms with Crippen LogP contribution in [-0.2, 0) is 10.0 Å². The standard InChI is InChI=1S/C20H21ClN6O4S3/c1-11-3-4-14(9-15(11)21)34(30,31)27-7-5-13(6-8-27)20-22-16(10-32-20)18(28)24-25-19(29)17-12(2)23-26-33-17/h3-4,9-10,13H,5-8H2,1-2H3,(H,24,28)(H,25,29). The van der Waals surface area contributed by atoms with Gasteiger partial charge in [-0.15, -0.1) is 16.4 Å². The predicted molar refractivity (Wildman–Crippen MR) is 129 cm³/mol. The normalized spacial score (nSPS) is 15.3. The number of halogens is 1. The van der Waals surface area contributed by atoms with Crippen molar-refractivity contribution in [3.63, 3.8) is 0 Å². The zero-order valence-corrected chi connectivity index (χ0v) is 21.4. The van der Waals surface area contributed by atoms with Gasteiger partial charge in [0.1, 0.15) is 10.6 Å². The molecule has 0 aliphatic carbocycles. The van der Waals surface area contributed by atoms with E-state index < -0.39 is 21.8 Å². The van der Waals surface area contributed by atoms with Crippen molar-refractivity contribution in [2.24, 2.45) is 0 Å². The average Bonchev–Trinajstić information content (AvgIpc) is 3.48. The first-order valence-electron chi connectivity index (χ1n) is 10.3. The molecule has 1 saturated heterocycles. The summed E-state index contributed by atoms with van der Waals surface area (Å²) in [5.41, 5.74) is 6.15. The van der Waals surface area contributed by atoms with Crippen LogP contribution in [0.5, 0.6) is 0 Å². The lowest BCUT2D eigenvalue weighted by Crippen LogP contribution is -2.41. The van der Waals surface area contributed by atoms with E-state index in [9.17, 15) is 18.0 Å².